The normalized spacial score (nSPS) is 15.0. The Morgan fingerprint density at radius 1 is 0.875 bits per heavy atom. The molecule has 0 unspecified atom stereocenters. The van der Waals surface area contributed by atoms with Crippen molar-refractivity contribution in [2.24, 2.45) is 0 Å². The second-order valence-corrected chi connectivity index (χ2v) is 8.26. The van der Waals surface area contributed by atoms with Crippen LogP contribution in [-0.2, 0) is 14.3 Å². The van der Waals surface area contributed by atoms with Gasteiger partial charge < -0.3 is 25.2 Å². The summed E-state index contributed by atoms with van der Waals surface area (Å²) < 4.78 is 5.49. The van der Waals surface area contributed by atoms with Crippen molar-refractivity contribution in [3.05, 3.63) is 54.1 Å². The highest BCUT2D eigenvalue weighted by Crippen LogP contribution is 2.24. The van der Waals surface area contributed by atoms with E-state index in [4.69, 9.17) is 4.74 Å². The van der Waals surface area contributed by atoms with Gasteiger partial charge in [-0.05, 0) is 42.0 Å². The van der Waals surface area contributed by atoms with Crippen molar-refractivity contribution in [2.75, 3.05) is 76.2 Å². The highest BCUT2D eigenvalue weighted by Gasteiger charge is 2.24. The van der Waals surface area contributed by atoms with Crippen LogP contribution in [0.15, 0.2) is 48.5 Å². The molecular weight excluding hydrogens is 406 g/mol. The van der Waals surface area contributed by atoms with Crippen LogP contribution in [0.25, 0.3) is 0 Å². The van der Waals surface area contributed by atoms with E-state index in [1.54, 1.807) is 12.1 Å². The molecule has 1 saturated heterocycles. The molecule has 32 heavy (non-hydrogen) atoms. The zero-order valence-corrected chi connectivity index (χ0v) is 19.3. The molecule has 172 valence electrons. The van der Waals surface area contributed by atoms with E-state index in [9.17, 15) is 9.59 Å². The zero-order chi connectivity index (χ0) is 23.1. The van der Waals surface area contributed by atoms with Crippen molar-refractivity contribution in [3.8, 4) is 0 Å². The van der Waals surface area contributed by atoms with Gasteiger partial charge in [0.2, 0.25) is 0 Å². The first kappa shape index (κ1) is 23.6. The predicted octanol–water partition coefficient (Wildman–Crippen LogP) is 1.95. The summed E-state index contributed by atoms with van der Waals surface area (Å²) in [6.45, 7) is 3.21. The van der Waals surface area contributed by atoms with Crippen molar-refractivity contribution in [3.63, 3.8) is 0 Å². The van der Waals surface area contributed by atoms with Gasteiger partial charge in [0.25, 0.3) is 0 Å². The molecule has 1 atom stereocenters. The van der Waals surface area contributed by atoms with E-state index in [0.717, 1.165) is 30.0 Å². The number of morpholine rings is 1. The maximum absolute atomic E-state index is 12.5. The third-order valence-electron chi connectivity index (χ3n) is 5.58. The molecule has 0 bridgehead atoms. The Bertz CT molecular complexity index is 891. The highest BCUT2D eigenvalue weighted by atomic mass is 16.5. The predicted molar refractivity (Wildman–Crippen MR) is 128 cm³/mol. The number of rotatable bonds is 7. The summed E-state index contributed by atoms with van der Waals surface area (Å²) in [4.78, 5) is 31.2. The molecule has 1 heterocycles. The summed E-state index contributed by atoms with van der Waals surface area (Å²) in [5.74, 6) is -1.32. The van der Waals surface area contributed by atoms with E-state index in [0.29, 0.717) is 25.4 Å². The Balaban J connectivity index is 1.63. The highest BCUT2D eigenvalue weighted by molar-refractivity contribution is 6.39. The number of carbonyl (C=O) groups is 2. The van der Waals surface area contributed by atoms with E-state index >= 15 is 0 Å². The lowest BCUT2D eigenvalue weighted by atomic mass is 10.0. The molecule has 2 aromatic carbocycles. The van der Waals surface area contributed by atoms with Crippen molar-refractivity contribution < 1.29 is 14.3 Å². The van der Waals surface area contributed by atoms with Crippen LogP contribution in [-0.4, -0.2) is 77.8 Å². The third-order valence-corrected chi connectivity index (χ3v) is 5.58. The number of ether oxygens (including phenoxy) is 1. The van der Waals surface area contributed by atoms with Crippen molar-refractivity contribution >= 4 is 28.9 Å². The summed E-state index contributed by atoms with van der Waals surface area (Å²) in [6, 6.07) is 15.6. The first-order valence-corrected chi connectivity index (χ1v) is 10.8. The molecular formula is C24H33N5O3. The van der Waals surface area contributed by atoms with E-state index in [2.05, 4.69) is 39.8 Å². The van der Waals surface area contributed by atoms with Gasteiger partial charge in [-0.1, -0.05) is 12.1 Å². The van der Waals surface area contributed by atoms with Gasteiger partial charge in [0, 0.05) is 64.9 Å². The molecule has 0 radical (unpaired) electrons. The minimum Gasteiger partial charge on any atom is -0.379 e. The van der Waals surface area contributed by atoms with Crippen molar-refractivity contribution in [1.29, 1.82) is 0 Å². The standard InChI is InChI=1S/C24H33N5O3/c1-27(2)20-9-5-18(6-10-20)22(29-13-15-32-16-14-29)17-25-23(30)24(31)26-19-7-11-21(12-8-19)28(3)4/h5-12,22H,13-17H2,1-4H3,(H,25,30)(H,26,31)/t22-/m1/s1. The number of anilines is 3. The van der Waals surface area contributed by atoms with Crippen molar-refractivity contribution in [1.82, 2.24) is 10.2 Å². The van der Waals surface area contributed by atoms with Crippen LogP contribution in [0.2, 0.25) is 0 Å². The molecule has 0 aliphatic carbocycles. The molecule has 1 fully saturated rings. The molecule has 0 saturated carbocycles. The van der Waals surface area contributed by atoms with Gasteiger partial charge in [0.05, 0.1) is 19.3 Å². The Labute approximate surface area is 190 Å². The lowest BCUT2D eigenvalue weighted by Gasteiger charge is -2.35. The average Bonchev–Trinajstić information content (AvgIpc) is 2.80. The topological polar surface area (TPSA) is 77.2 Å². The van der Waals surface area contributed by atoms with Gasteiger partial charge in [-0.25, -0.2) is 0 Å². The number of hydrogen-bond donors (Lipinski definition) is 2. The van der Waals surface area contributed by atoms with Gasteiger partial charge in [-0.15, -0.1) is 0 Å². The van der Waals surface area contributed by atoms with Crippen LogP contribution in [0.3, 0.4) is 0 Å². The van der Waals surface area contributed by atoms with Gasteiger partial charge in [-0.3, -0.25) is 14.5 Å². The summed E-state index contributed by atoms with van der Waals surface area (Å²) >= 11 is 0. The number of carbonyl (C=O) groups excluding carboxylic acids is 2. The number of nitrogens with zero attached hydrogens (tertiary/aromatic N) is 3. The number of amides is 2. The van der Waals surface area contributed by atoms with E-state index in [-0.39, 0.29) is 6.04 Å². The lowest BCUT2D eigenvalue weighted by Crippen LogP contribution is -2.45. The SMILES string of the molecule is CN(C)c1ccc(NC(=O)C(=O)NC[C@H](c2ccc(N(C)C)cc2)N2CCOCC2)cc1. The lowest BCUT2D eigenvalue weighted by molar-refractivity contribution is -0.136. The molecule has 0 spiro atoms. The Morgan fingerprint density at radius 2 is 1.41 bits per heavy atom. The minimum absolute atomic E-state index is 0.0359. The molecule has 8 nitrogen and oxygen atoms in total. The average molecular weight is 440 g/mol. The molecule has 8 heteroatoms. The molecule has 1 aliphatic heterocycles. The van der Waals surface area contributed by atoms with E-state index < -0.39 is 11.8 Å². The quantitative estimate of drug-likeness (QED) is 0.643. The van der Waals surface area contributed by atoms with Gasteiger partial charge in [0.15, 0.2) is 0 Å². The molecule has 2 N–H and O–H groups in total. The second-order valence-electron chi connectivity index (χ2n) is 8.26. The summed E-state index contributed by atoms with van der Waals surface area (Å²) in [6.07, 6.45) is 0. The fraction of sp³-hybridized carbons (Fsp3) is 0.417. The smallest absolute Gasteiger partial charge is 0.313 e. The van der Waals surface area contributed by atoms with Crippen LogP contribution in [0.5, 0.6) is 0 Å². The summed E-state index contributed by atoms with van der Waals surface area (Å²) in [5, 5.41) is 5.48. The van der Waals surface area contributed by atoms with Crippen LogP contribution in [0.1, 0.15) is 11.6 Å². The minimum atomic E-state index is -0.675. The van der Waals surface area contributed by atoms with E-state index in [1.165, 1.54) is 0 Å². The number of benzene rings is 2. The Kier molecular flexibility index (Phi) is 8.08. The maximum Gasteiger partial charge on any atom is 0.313 e. The van der Waals surface area contributed by atoms with Gasteiger partial charge >= 0.3 is 11.8 Å². The zero-order valence-electron chi connectivity index (χ0n) is 19.3. The molecule has 3 rings (SSSR count). The van der Waals surface area contributed by atoms with E-state index in [1.807, 2.05) is 50.1 Å². The fourth-order valence-electron chi connectivity index (χ4n) is 3.64. The summed E-state index contributed by atoms with van der Waals surface area (Å²) in [7, 11) is 7.89. The summed E-state index contributed by atoms with van der Waals surface area (Å²) in [5.41, 5.74) is 3.80. The maximum atomic E-state index is 12.5. The molecule has 2 aromatic rings. The first-order valence-electron chi connectivity index (χ1n) is 10.8. The molecule has 2 amide bonds. The fourth-order valence-corrected chi connectivity index (χ4v) is 3.64. The Morgan fingerprint density at radius 3 is 1.94 bits per heavy atom. The molecule has 1 aliphatic rings. The van der Waals surface area contributed by atoms with Crippen molar-refractivity contribution in [2.45, 2.75) is 6.04 Å². The van der Waals surface area contributed by atoms with Crippen LogP contribution in [0.4, 0.5) is 17.1 Å². The third kappa shape index (κ3) is 6.21. The first-order chi connectivity index (χ1) is 15.3. The number of hydrogen-bond acceptors (Lipinski definition) is 6. The van der Waals surface area contributed by atoms with Crippen LogP contribution in [0, 0.1) is 0 Å². The number of nitrogens with one attached hydrogen (secondary N) is 2. The van der Waals surface area contributed by atoms with Crippen LogP contribution >= 0.6 is 0 Å². The van der Waals surface area contributed by atoms with Gasteiger partial charge in [0.1, 0.15) is 0 Å². The second kappa shape index (κ2) is 11.0. The Hall–Kier alpha value is -3.10. The van der Waals surface area contributed by atoms with Crippen LogP contribution < -0.4 is 20.4 Å². The monoisotopic (exact) mass is 439 g/mol. The molecule has 0 aromatic heterocycles. The largest absolute Gasteiger partial charge is 0.379 e. The van der Waals surface area contributed by atoms with Gasteiger partial charge in [-0.2, -0.15) is 0 Å².